The van der Waals surface area contributed by atoms with E-state index in [2.05, 4.69) is 4.98 Å². The summed E-state index contributed by atoms with van der Waals surface area (Å²) in [5.41, 5.74) is 6.97. The third-order valence-electron chi connectivity index (χ3n) is 3.42. The van der Waals surface area contributed by atoms with E-state index in [1.54, 1.807) is 24.4 Å². The van der Waals surface area contributed by atoms with Crippen molar-refractivity contribution in [1.29, 1.82) is 0 Å². The maximum Gasteiger partial charge on any atom is 0.253 e. The topological polar surface area (TPSA) is 76.3 Å². The second-order valence-corrected chi connectivity index (χ2v) is 6.19. The van der Waals surface area contributed by atoms with Crippen molar-refractivity contribution >= 4 is 35.6 Å². The monoisotopic (exact) mass is 367 g/mol. The van der Waals surface area contributed by atoms with Crippen molar-refractivity contribution in [2.45, 2.75) is 26.7 Å². The Kier molecular flexibility index (Phi) is 7.88. The molecule has 0 aliphatic heterocycles. The first kappa shape index (κ1) is 20.1. The first-order valence-corrected chi connectivity index (χ1v) is 8.58. The van der Waals surface area contributed by atoms with E-state index in [0.29, 0.717) is 24.2 Å². The fourth-order valence-electron chi connectivity index (χ4n) is 2.42. The molecule has 2 rings (SSSR count). The maximum absolute atomic E-state index is 12.8. The Bertz CT molecular complexity index is 683. The third-order valence-corrected chi connectivity index (χ3v) is 4.24. The van der Waals surface area contributed by atoms with Crippen molar-refractivity contribution in [3.8, 4) is 10.6 Å². The van der Waals surface area contributed by atoms with Crippen molar-refractivity contribution in [1.82, 2.24) is 9.88 Å². The van der Waals surface area contributed by atoms with Gasteiger partial charge >= 0.3 is 0 Å². The Morgan fingerprint density at radius 1 is 1.12 bits per heavy atom. The molecule has 7 heteroatoms. The van der Waals surface area contributed by atoms with Crippen LogP contribution in [0.25, 0.3) is 10.6 Å². The number of aromatic nitrogens is 1. The molecule has 0 aliphatic rings. The van der Waals surface area contributed by atoms with Gasteiger partial charge in [0, 0.05) is 41.4 Å². The van der Waals surface area contributed by atoms with Gasteiger partial charge in [-0.05, 0) is 31.0 Å². The minimum absolute atomic E-state index is 0. The predicted molar refractivity (Wildman–Crippen MR) is 99.8 cm³/mol. The number of nitrogens with zero attached hydrogens (tertiary/aromatic N) is 2. The van der Waals surface area contributed by atoms with E-state index in [-0.39, 0.29) is 18.3 Å². The predicted octanol–water partition coefficient (Wildman–Crippen LogP) is 3.59. The molecule has 1 aromatic carbocycles. The van der Waals surface area contributed by atoms with Crippen molar-refractivity contribution in [3.63, 3.8) is 0 Å². The number of halogens is 1. The molecule has 0 saturated heterocycles. The van der Waals surface area contributed by atoms with Crippen molar-refractivity contribution in [2.24, 2.45) is 5.73 Å². The molecular weight excluding hydrogens is 346 g/mol. The van der Waals surface area contributed by atoms with Crippen LogP contribution in [0.4, 0.5) is 0 Å². The largest absolute Gasteiger partial charge is 0.366 e. The van der Waals surface area contributed by atoms with Gasteiger partial charge in [0.15, 0.2) is 0 Å². The number of thiazole rings is 1. The number of rotatable bonds is 7. The van der Waals surface area contributed by atoms with Gasteiger partial charge in [-0.15, -0.1) is 23.7 Å². The highest BCUT2D eigenvalue weighted by Crippen LogP contribution is 2.25. The highest BCUT2D eigenvalue weighted by atomic mass is 35.5. The number of benzene rings is 1. The van der Waals surface area contributed by atoms with Crippen LogP contribution in [0.2, 0.25) is 0 Å². The van der Waals surface area contributed by atoms with Gasteiger partial charge in [0.05, 0.1) is 0 Å². The van der Waals surface area contributed by atoms with Gasteiger partial charge < -0.3 is 10.6 Å². The van der Waals surface area contributed by atoms with Crippen LogP contribution in [-0.2, 0) is 0 Å². The average molecular weight is 368 g/mol. The summed E-state index contributed by atoms with van der Waals surface area (Å²) >= 11 is 1.46. The summed E-state index contributed by atoms with van der Waals surface area (Å²) in [6.07, 6.45) is 3.47. The normalized spacial score (nSPS) is 10.1. The molecule has 0 unspecified atom stereocenters. The number of primary amides is 1. The molecule has 24 heavy (non-hydrogen) atoms. The van der Waals surface area contributed by atoms with Crippen LogP contribution in [0.5, 0.6) is 0 Å². The zero-order valence-electron chi connectivity index (χ0n) is 13.8. The molecular formula is C17H22ClN3O2S. The Hall–Kier alpha value is -1.92. The molecule has 0 radical (unpaired) electrons. The number of hydrogen-bond acceptors (Lipinski definition) is 4. The van der Waals surface area contributed by atoms with E-state index in [4.69, 9.17) is 5.73 Å². The van der Waals surface area contributed by atoms with Gasteiger partial charge in [0.1, 0.15) is 5.01 Å². The summed E-state index contributed by atoms with van der Waals surface area (Å²) in [5, 5.41) is 2.62. The van der Waals surface area contributed by atoms with Gasteiger partial charge in [0.25, 0.3) is 5.91 Å². The molecule has 5 nitrogen and oxygen atoms in total. The standard InChI is InChI=1S/C17H21N3O2S.ClH/c1-3-6-20(7-4-2)17(22)14-10-12(15(18)21)9-13(11-14)16-19-5-8-23-16;/h5,8-11H,3-4,6-7H2,1-2H3,(H2,18,21);1H. The molecule has 0 fully saturated rings. The number of hydrogen-bond donors (Lipinski definition) is 1. The van der Waals surface area contributed by atoms with Crippen molar-refractivity contribution in [3.05, 3.63) is 40.9 Å². The van der Waals surface area contributed by atoms with Gasteiger partial charge in [-0.2, -0.15) is 0 Å². The molecule has 0 spiro atoms. The van der Waals surface area contributed by atoms with Crippen LogP contribution in [0, 0.1) is 0 Å². The number of nitrogens with two attached hydrogens (primary N) is 1. The lowest BCUT2D eigenvalue weighted by Gasteiger charge is -2.22. The first-order valence-electron chi connectivity index (χ1n) is 7.70. The number of amides is 2. The second-order valence-electron chi connectivity index (χ2n) is 5.29. The Balaban J connectivity index is 0.00000288. The smallest absolute Gasteiger partial charge is 0.253 e. The van der Waals surface area contributed by atoms with Crippen molar-refractivity contribution in [2.75, 3.05) is 13.1 Å². The first-order chi connectivity index (χ1) is 11.1. The molecule has 0 atom stereocenters. The van der Waals surface area contributed by atoms with Crippen LogP contribution in [0.3, 0.4) is 0 Å². The van der Waals surface area contributed by atoms with Crippen LogP contribution >= 0.6 is 23.7 Å². The second kappa shape index (κ2) is 9.39. The molecule has 2 amide bonds. The number of carbonyl (C=O) groups is 2. The lowest BCUT2D eigenvalue weighted by atomic mass is 10.0. The molecule has 1 aromatic heterocycles. The summed E-state index contributed by atoms with van der Waals surface area (Å²) < 4.78 is 0. The van der Waals surface area contributed by atoms with Gasteiger partial charge in [-0.3, -0.25) is 9.59 Å². The molecule has 0 aliphatic carbocycles. The van der Waals surface area contributed by atoms with Crippen molar-refractivity contribution < 1.29 is 9.59 Å². The summed E-state index contributed by atoms with van der Waals surface area (Å²) in [7, 11) is 0. The van der Waals surface area contributed by atoms with E-state index in [1.807, 2.05) is 24.1 Å². The molecule has 2 N–H and O–H groups in total. The van der Waals surface area contributed by atoms with Gasteiger partial charge in [0.2, 0.25) is 5.91 Å². The third kappa shape index (κ3) is 4.79. The Morgan fingerprint density at radius 2 is 1.75 bits per heavy atom. The summed E-state index contributed by atoms with van der Waals surface area (Å²) in [5.74, 6) is -0.621. The molecule has 2 aromatic rings. The van der Waals surface area contributed by atoms with Crippen LogP contribution in [-0.4, -0.2) is 34.8 Å². The maximum atomic E-state index is 12.8. The highest BCUT2D eigenvalue weighted by molar-refractivity contribution is 7.13. The fourth-order valence-corrected chi connectivity index (χ4v) is 3.05. The molecule has 0 saturated carbocycles. The van der Waals surface area contributed by atoms with E-state index >= 15 is 0 Å². The van der Waals surface area contributed by atoms with Crippen LogP contribution in [0.15, 0.2) is 29.8 Å². The van der Waals surface area contributed by atoms with Crippen LogP contribution < -0.4 is 5.73 Å². The lowest BCUT2D eigenvalue weighted by molar-refractivity contribution is 0.0755. The minimum atomic E-state index is -0.546. The Labute approximate surface area is 152 Å². The van der Waals surface area contributed by atoms with Crippen LogP contribution in [0.1, 0.15) is 47.4 Å². The van der Waals surface area contributed by atoms with E-state index < -0.39 is 5.91 Å². The average Bonchev–Trinajstić information content (AvgIpc) is 3.08. The quantitative estimate of drug-likeness (QED) is 0.812. The number of carbonyl (C=O) groups excluding carboxylic acids is 2. The Morgan fingerprint density at radius 3 is 2.25 bits per heavy atom. The van der Waals surface area contributed by atoms with Gasteiger partial charge in [-0.1, -0.05) is 13.8 Å². The summed E-state index contributed by atoms with van der Waals surface area (Å²) in [6.45, 7) is 5.47. The zero-order valence-corrected chi connectivity index (χ0v) is 15.5. The minimum Gasteiger partial charge on any atom is -0.366 e. The zero-order chi connectivity index (χ0) is 16.8. The summed E-state index contributed by atoms with van der Waals surface area (Å²) in [4.78, 5) is 30.4. The SMILES string of the molecule is CCCN(CCC)C(=O)c1cc(C(N)=O)cc(-c2nccs2)c1.Cl. The highest BCUT2D eigenvalue weighted by Gasteiger charge is 2.18. The van der Waals surface area contributed by atoms with E-state index in [1.165, 1.54) is 11.3 Å². The summed E-state index contributed by atoms with van der Waals surface area (Å²) in [6, 6.07) is 5.04. The lowest BCUT2D eigenvalue weighted by Crippen LogP contribution is -2.32. The molecule has 0 bridgehead atoms. The fraction of sp³-hybridized carbons (Fsp3) is 0.353. The van der Waals surface area contributed by atoms with E-state index in [0.717, 1.165) is 23.4 Å². The van der Waals surface area contributed by atoms with Gasteiger partial charge in [-0.25, -0.2) is 4.98 Å². The molecule has 130 valence electrons. The molecule has 1 heterocycles. The van der Waals surface area contributed by atoms with E-state index in [9.17, 15) is 9.59 Å².